The van der Waals surface area contributed by atoms with Gasteiger partial charge in [0.15, 0.2) is 0 Å². The fourth-order valence-corrected chi connectivity index (χ4v) is 4.22. The van der Waals surface area contributed by atoms with Crippen LogP contribution in [-0.2, 0) is 9.59 Å². The molecule has 1 aliphatic heterocycles. The topological polar surface area (TPSA) is 65.8 Å². The smallest absolute Gasteiger partial charge is 0.248 e. The molecule has 0 spiro atoms. The minimum absolute atomic E-state index is 0.0189. The van der Waals surface area contributed by atoms with Gasteiger partial charge in [0.05, 0.1) is 5.02 Å². The van der Waals surface area contributed by atoms with E-state index in [0.29, 0.717) is 35.1 Å². The molecule has 1 aromatic heterocycles. The molecule has 2 heterocycles. The third kappa shape index (κ3) is 6.55. The van der Waals surface area contributed by atoms with Crippen molar-refractivity contribution in [1.82, 2.24) is 4.90 Å². The molecule has 1 aliphatic rings. The molecule has 1 N–H and O–H groups in total. The lowest BCUT2D eigenvalue weighted by Gasteiger charge is -2.36. The second kappa shape index (κ2) is 11.4. The zero-order chi connectivity index (χ0) is 25.7. The van der Waals surface area contributed by atoms with Crippen LogP contribution in [0.15, 0.2) is 65.1 Å². The van der Waals surface area contributed by atoms with E-state index in [1.165, 1.54) is 18.2 Å². The molecule has 8 heteroatoms. The number of hydrogen-bond acceptors (Lipinski definition) is 4. The summed E-state index contributed by atoms with van der Waals surface area (Å²) in [6, 6.07) is 15.5. The van der Waals surface area contributed by atoms with Crippen molar-refractivity contribution >= 4 is 40.9 Å². The van der Waals surface area contributed by atoms with E-state index in [0.717, 1.165) is 31.9 Å². The minimum atomic E-state index is -0.493. The van der Waals surface area contributed by atoms with E-state index in [1.54, 1.807) is 24.3 Å². The lowest BCUT2D eigenvalue weighted by Crippen LogP contribution is -2.49. The highest BCUT2D eigenvalue weighted by Crippen LogP contribution is 2.27. The first-order chi connectivity index (χ1) is 17.3. The van der Waals surface area contributed by atoms with Crippen LogP contribution in [0.25, 0.3) is 17.4 Å². The van der Waals surface area contributed by atoms with Gasteiger partial charge >= 0.3 is 0 Å². The van der Waals surface area contributed by atoms with Crippen molar-refractivity contribution in [2.24, 2.45) is 5.92 Å². The highest BCUT2D eigenvalue weighted by molar-refractivity contribution is 6.31. The van der Waals surface area contributed by atoms with E-state index in [2.05, 4.69) is 24.1 Å². The standard InChI is InChI=1S/C28H29ClFN3O3/c1-19(2)17-28(35)33-15-13-32(14-16-33)22-6-4-21(5-7-22)31-27(34)12-9-23-8-11-26(36-23)20-3-10-25(30)24(29)18-20/h3-12,18-19H,13-17H2,1-2H3,(H,31,34)/b12-9+. The number of nitrogens with zero attached hydrogens (tertiary/aromatic N) is 2. The molecular formula is C28H29ClFN3O3. The van der Waals surface area contributed by atoms with Crippen molar-refractivity contribution in [3.63, 3.8) is 0 Å². The van der Waals surface area contributed by atoms with Gasteiger partial charge < -0.3 is 19.5 Å². The molecule has 3 aromatic rings. The van der Waals surface area contributed by atoms with Crippen LogP contribution in [0, 0.1) is 11.7 Å². The molecule has 0 bridgehead atoms. The van der Waals surface area contributed by atoms with Crippen LogP contribution >= 0.6 is 11.6 Å². The largest absolute Gasteiger partial charge is 0.457 e. The first-order valence-corrected chi connectivity index (χ1v) is 12.3. The number of piperazine rings is 1. The summed E-state index contributed by atoms with van der Waals surface area (Å²) in [6.07, 6.45) is 3.55. The summed E-state index contributed by atoms with van der Waals surface area (Å²) in [5, 5.41) is 2.86. The predicted octanol–water partition coefficient (Wildman–Crippen LogP) is 6.09. The van der Waals surface area contributed by atoms with Crippen LogP contribution in [0.1, 0.15) is 26.0 Å². The SMILES string of the molecule is CC(C)CC(=O)N1CCN(c2ccc(NC(=O)/C=C/c3ccc(-c4ccc(F)c(Cl)c4)o3)cc2)CC1. The number of benzene rings is 2. The summed E-state index contributed by atoms with van der Waals surface area (Å²) >= 11 is 5.84. The van der Waals surface area contributed by atoms with Crippen LogP contribution < -0.4 is 10.2 Å². The number of anilines is 2. The fraction of sp³-hybridized carbons (Fsp3) is 0.286. The normalized spacial score (nSPS) is 14.0. The molecule has 2 aromatic carbocycles. The van der Waals surface area contributed by atoms with Gasteiger partial charge in [-0.3, -0.25) is 9.59 Å². The summed E-state index contributed by atoms with van der Waals surface area (Å²) in [4.78, 5) is 28.8. The monoisotopic (exact) mass is 509 g/mol. The Morgan fingerprint density at radius 2 is 1.78 bits per heavy atom. The Morgan fingerprint density at radius 1 is 1.06 bits per heavy atom. The van der Waals surface area contributed by atoms with E-state index in [-0.39, 0.29) is 16.8 Å². The summed E-state index contributed by atoms with van der Waals surface area (Å²) in [5.74, 6) is 0.822. The Bertz CT molecular complexity index is 1250. The first-order valence-electron chi connectivity index (χ1n) is 12.0. The number of carbonyl (C=O) groups is 2. The Balaban J connectivity index is 1.28. The second-order valence-corrected chi connectivity index (χ2v) is 9.57. The molecule has 188 valence electrons. The van der Waals surface area contributed by atoms with Crippen LogP contribution in [0.4, 0.5) is 15.8 Å². The molecule has 0 saturated carbocycles. The van der Waals surface area contributed by atoms with E-state index >= 15 is 0 Å². The van der Waals surface area contributed by atoms with Gasteiger partial charge in [-0.1, -0.05) is 25.4 Å². The Morgan fingerprint density at radius 3 is 2.44 bits per heavy atom. The maximum atomic E-state index is 13.4. The van der Waals surface area contributed by atoms with E-state index in [4.69, 9.17) is 16.0 Å². The Kier molecular flexibility index (Phi) is 8.10. The van der Waals surface area contributed by atoms with Crippen LogP contribution in [0.5, 0.6) is 0 Å². The molecule has 2 amide bonds. The van der Waals surface area contributed by atoms with E-state index in [9.17, 15) is 14.0 Å². The molecule has 1 fully saturated rings. The number of nitrogens with one attached hydrogen (secondary N) is 1. The molecular weight excluding hydrogens is 481 g/mol. The molecule has 0 aliphatic carbocycles. The van der Waals surface area contributed by atoms with Gasteiger partial charge in [0.1, 0.15) is 17.3 Å². The predicted molar refractivity (Wildman–Crippen MR) is 141 cm³/mol. The zero-order valence-corrected chi connectivity index (χ0v) is 21.1. The number of amides is 2. The lowest BCUT2D eigenvalue weighted by molar-refractivity contribution is -0.132. The summed E-state index contributed by atoms with van der Waals surface area (Å²) < 4.78 is 19.1. The van der Waals surface area contributed by atoms with Crippen molar-refractivity contribution in [2.45, 2.75) is 20.3 Å². The third-order valence-corrected chi connectivity index (χ3v) is 6.23. The Hall–Kier alpha value is -3.58. The zero-order valence-electron chi connectivity index (χ0n) is 20.3. The highest BCUT2D eigenvalue weighted by Gasteiger charge is 2.21. The quantitative estimate of drug-likeness (QED) is 0.392. The number of halogens is 2. The fourth-order valence-electron chi connectivity index (χ4n) is 4.04. The number of hydrogen-bond donors (Lipinski definition) is 1. The lowest BCUT2D eigenvalue weighted by atomic mass is 10.1. The van der Waals surface area contributed by atoms with Crippen molar-refractivity contribution in [3.05, 3.63) is 77.3 Å². The van der Waals surface area contributed by atoms with Gasteiger partial charge in [0, 0.05) is 55.6 Å². The van der Waals surface area contributed by atoms with Crippen molar-refractivity contribution in [2.75, 3.05) is 36.4 Å². The van der Waals surface area contributed by atoms with Gasteiger partial charge in [-0.2, -0.15) is 0 Å². The highest BCUT2D eigenvalue weighted by atomic mass is 35.5. The molecule has 6 nitrogen and oxygen atoms in total. The number of rotatable bonds is 7. The third-order valence-electron chi connectivity index (χ3n) is 5.95. The maximum absolute atomic E-state index is 13.4. The molecule has 1 saturated heterocycles. The van der Waals surface area contributed by atoms with Gasteiger partial charge in [0.25, 0.3) is 0 Å². The average molecular weight is 510 g/mol. The van der Waals surface area contributed by atoms with Crippen molar-refractivity contribution < 1.29 is 18.4 Å². The van der Waals surface area contributed by atoms with Crippen molar-refractivity contribution in [3.8, 4) is 11.3 Å². The van der Waals surface area contributed by atoms with Gasteiger partial charge in [-0.15, -0.1) is 0 Å². The van der Waals surface area contributed by atoms with Crippen LogP contribution in [-0.4, -0.2) is 42.9 Å². The summed E-state index contributed by atoms with van der Waals surface area (Å²) in [5.41, 5.74) is 2.39. The van der Waals surface area contributed by atoms with Crippen molar-refractivity contribution in [1.29, 1.82) is 0 Å². The second-order valence-electron chi connectivity index (χ2n) is 9.17. The summed E-state index contributed by atoms with van der Waals surface area (Å²) in [7, 11) is 0. The number of furan rings is 1. The average Bonchev–Trinajstić information content (AvgIpc) is 3.34. The van der Waals surface area contributed by atoms with Gasteiger partial charge in [0.2, 0.25) is 11.8 Å². The molecule has 36 heavy (non-hydrogen) atoms. The minimum Gasteiger partial charge on any atom is -0.457 e. The maximum Gasteiger partial charge on any atom is 0.248 e. The molecule has 0 atom stereocenters. The molecule has 0 unspecified atom stereocenters. The number of carbonyl (C=O) groups excluding carboxylic acids is 2. The van der Waals surface area contributed by atoms with Gasteiger partial charge in [-0.25, -0.2) is 4.39 Å². The van der Waals surface area contributed by atoms with E-state index < -0.39 is 5.82 Å². The molecule has 0 radical (unpaired) electrons. The summed E-state index contributed by atoms with van der Waals surface area (Å²) in [6.45, 7) is 7.13. The van der Waals surface area contributed by atoms with Crippen LogP contribution in [0.2, 0.25) is 5.02 Å². The van der Waals surface area contributed by atoms with E-state index in [1.807, 2.05) is 29.2 Å². The Labute approximate surface area is 215 Å². The van der Waals surface area contributed by atoms with Crippen LogP contribution in [0.3, 0.4) is 0 Å². The van der Waals surface area contributed by atoms with Gasteiger partial charge in [-0.05, 0) is 66.6 Å². The first kappa shape index (κ1) is 25.5. The molecule has 4 rings (SSSR count).